The lowest BCUT2D eigenvalue weighted by molar-refractivity contribution is -0.384. The number of hydrogen-bond acceptors (Lipinski definition) is 8. The largest absolute Gasteiger partial charge is 0.493 e. The quantitative estimate of drug-likeness (QED) is 0.164. The first-order valence-electron chi connectivity index (χ1n) is 9.78. The van der Waals surface area contributed by atoms with Gasteiger partial charge in [0.1, 0.15) is 0 Å². The molecule has 0 fully saturated rings. The van der Waals surface area contributed by atoms with Crippen LogP contribution in [-0.4, -0.2) is 29.9 Å². The summed E-state index contributed by atoms with van der Waals surface area (Å²) in [5.41, 5.74) is 0.851. The highest BCUT2D eigenvalue weighted by Crippen LogP contribution is 2.31. The van der Waals surface area contributed by atoms with Gasteiger partial charge in [-0.15, -0.1) is 0 Å². The summed E-state index contributed by atoms with van der Waals surface area (Å²) in [6.07, 6.45) is 1.49. The normalized spacial score (nSPS) is 13.9. The number of benzene rings is 3. The summed E-state index contributed by atoms with van der Waals surface area (Å²) in [6.45, 7) is 0. The van der Waals surface area contributed by atoms with E-state index in [1.807, 2.05) is 0 Å². The van der Waals surface area contributed by atoms with E-state index in [0.29, 0.717) is 16.1 Å². The zero-order valence-electron chi connectivity index (χ0n) is 17.6. The molecule has 0 radical (unpaired) electrons. The molecule has 0 spiro atoms. The topological polar surface area (TPSA) is 117 Å². The number of halogens is 1. The van der Waals surface area contributed by atoms with E-state index in [1.54, 1.807) is 36.4 Å². The molecule has 3 aromatic rings. The van der Waals surface area contributed by atoms with Crippen molar-refractivity contribution in [3.05, 3.63) is 104 Å². The number of methoxy groups -OCH3 is 1. The first-order valence-corrected chi connectivity index (χ1v) is 10.2. The van der Waals surface area contributed by atoms with Gasteiger partial charge < -0.3 is 14.2 Å². The molecule has 0 amide bonds. The molecule has 1 aliphatic rings. The number of nitro benzene ring substituents is 1. The summed E-state index contributed by atoms with van der Waals surface area (Å²) in [6, 6.07) is 16.6. The summed E-state index contributed by atoms with van der Waals surface area (Å²) in [5, 5.41) is 11.3. The third-order valence-electron chi connectivity index (χ3n) is 4.71. The van der Waals surface area contributed by atoms with Crippen molar-refractivity contribution >= 4 is 41.2 Å². The maximum atomic E-state index is 12.5. The molecule has 0 aromatic heterocycles. The Balaban J connectivity index is 1.58. The molecule has 4 rings (SSSR count). The fourth-order valence-corrected chi connectivity index (χ4v) is 3.30. The van der Waals surface area contributed by atoms with Crippen molar-refractivity contribution in [3.63, 3.8) is 0 Å². The number of rotatable bonds is 6. The number of nitrogens with zero attached hydrogens (tertiary/aromatic N) is 2. The van der Waals surface area contributed by atoms with E-state index in [2.05, 4.69) is 4.99 Å². The van der Waals surface area contributed by atoms with Crippen LogP contribution < -0.4 is 9.47 Å². The summed E-state index contributed by atoms with van der Waals surface area (Å²) in [4.78, 5) is 39.3. The summed E-state index contributed by atoms with van der Waals surface area (Å²) in [5.74, 6) is -1.04. The standard InChI is InChI=1S/C24H15ClN2O7/c1-32-21-12-14(11-19-24(29)34-22(26-19)17-7-2-3-8-18(17)25)9-10-20(21)33-23(28)15-5-4-6-16(13-15)27(30)31/h2-13H,1H3/b19-11+. The Morgan fingerprint density at radius 1 is 1.09 bits per heavy atom. The van der Waals surface area contributed by atoms with Gasteiger partial charge in [0, 0.05) is 12.1 Å². The number of cyclic esters (lactones) is 1. The number of hydrogen-bond donors (Lipinski definition) is 0. The van der Waals surface area contributed by atoms with Crippen LogP contribution in [0.25, 0.3) is 6.08 Å². The van der Waals surface area contributed by atoms with Gasteiger partial charge in [0.15, 0.2) is 17.2 Å². The van der Waals surface area contributed by atoms with Crippen LogP contribution in [0.5, 0.6) is 11.5 Å². The predicted molar refractivity (Wildman–Crippen MR) is 123 cm³/mol. The van der Waals surface area contributed by atoms with E-state index in [0.717, 1.165) is 6.07 Å². The molecule has 34 heavy (non-hydrogen) atoms. The minimum atomic E-state index is -0.790. The highest BCUT2D eigenvalue weighted by atomic mass is 35.5. The second-order valence-corrected chi connectivity index (χ2v) is 7.33. The molecule has 0 bridgehead atoms. The van der Waals surface area contributed by atoms with Gasteiger partial charge in [-0.05, 0) is 42.0 Å². The van der Waals surface area contributed by atoms with Gasteiger partial charge in [-0.3, -0.25) is 10.1 Å². The van der Waals surface area contributed by atoms with Crippen LogP contribution in [0.3, 0.4) is 0 Å². The van der Waals surface area contributed by atoms with Gasteiger partial charge in [0.25, 0.3) is 5.69 Å². The van der Waals surface area contributed by atoms with Gasteiger partial charge in [-0.1, -0.05) is 35.9 Å². The first kappa shape index (κ1) is 22.7. The third-order valence-corrected chi connectivity index (χ3v) is 5.04. The van der Waals surface area contributed by atoms with Crippen LogP contribution in [-0.2, 0) is 9.53 Å². The lowest BCUT2D eigenvalue weighted by atomic mass is 10.1. The van der Waals surface area contributed by atoms with Gasteiger partial charge in [-0.25, -0.2) is 14.6 Å². The maximum Gasteiger partial charge on any atom is 0.363 e. The molecular formula is C24H15ClN2O7. The molecule has 0 atom stereocenters. The number of carbonyl (C=O) groups is 2. The Labute approximate surface area is 198 Å². The van der Waals surface area contributed by atoms with Crippen molar-refractivity contribution in [2.75, 3.05) is 7.11 Å². The number of ether oxygens (including phenoxy) is 3. The monoisotopic (exact) mass is 478 g/mol. The van der Waals surface area contributed by atoms with E-state index in [1.165, 1.54) is 37.5 Å². The highest BCUT2D eigenvalue weighted by molar-refractivity contribution is 6.34. The van der Waals surface area contributed by atoms with Crippen LogP contribution in [0.2, 0.25) is 5.02 Å². The minimum absolute atomic E-state index is 0.0117. The van der Waals surface area contributed by atoms with Gasteiger partial charge in [-0.2, -0.15) is 0 Å². The zero-order chi connectivity index (χ0) is 24.2. The van der Waals surface area contributed by atoms with E-state index >= 15 is 0 Å². The number of esters is 2. The van der Waals surface area contributed by atoms with Crippen molar-refractivity contribution in [1.29, 1.82) is 0 Å². The molecule has 1 heterocycles. The van der Waals surface area contributed by atoms with Gasteiger partial charge in [0.05, 0.1) is 28.2 Å². The number of aliphatic imine (C=N–C) groups is 1. The molecule has 10 heteroatoms. The van der Waals surface area contributed by atoms with Crippen LogP contribution in [0.15, 0.2) is 77.4 Å². The van der Waals surface area contributed by atoms with Crippen molar-refractivity contribution in [1.82, 2.24) is 0 Å². The maximum absolute atomic E-state index is 12.5. The Kier molecular flexibility index (Phi) is 6.37. The average Bonchev–Trinajstić information content (AvgIpc) is 3.19. The molecule has 0 saturated carbocycles. The van der Waals surface area contributed by atoms with E-state index in [-0.39, 0.29) is 34.3 Å². The molecular weight excluding hydrogens is 464 g/mol. The SMILES string of the molecule is COc1cc(/C=C2/N=C(c3ccccc3Cl)OC2=O)ccc1OC(=O)c1cccc([N+](=O)[O-])c1. The predicted octanol–water partition coefficient (Wildman–Crippen LogP) is 4.82. The molecule has 1 aliphatic heterocycles. The molecule has 0 N–H and O–H groups in total. The minimum Gasteiger partial charge on any atom is -0.493 e. The smallest absolute Gasteiger partial charge is 0.363 e. The molecule has 0 aliphatic carbocycles. The molecule has 0 saturated heterocycles. The molecule has 0 unspecified atom stereocenters. The van der Waals surface area contributed by atoms with Crippen LogP contribution in [0.4, 0.5) is 5.69 Å². The number of carbonyl (C=O) groups excluding carboxylic acids is 2. The van der Waals surface area contributed by atoms with Crippen molar-refractivity contribution in [2.24, 2.45) is 4.99 Å². The fraction of sp³-hybridized carbons (Fsp3) is 0.0417. The van der Waals surface area contributed by atoms with Crippen LogP contribution in [0.1, 0.15) is 21.5 Å². The Hall–Kier alpha value is -4.50. The van der Waals surface area contributed by atoms with Crippen LogP contribution in [0, 0.1) is 10.1 Å². The average molecular weight is 479 g/mol. The van der Waals surface area contributed by atoms with Crippen molar-refractivity contribution in [2.45, 2.75) is 0 Å². The van der Waals surface area contributed by atoms with Gasteiger partial charge >= 0.3 is 11.9 Å². The first-order chi connectivity index (χ1) is 16.4. The van der Waals surface area contributed by atoms with Gasteiger partial charge in [0.2, 0.25) is 5.90 Å². The Morgan fingerprint density at radius 3 is 2.62 bits per heavy atom. The fourth-order valence-electron chi connectivity index (χ4n) is 3.08. The zero-order valence-corrected chi connectivity index (χ0v) is 18.3. The second kappa shape index (κ2) is 9.55. The van der Waals surface area contributed by atoms with Crippen LogP contribution >= 0.6 is 11.6 Å². The van der Waals surface area contributed by atoms with E-state index in [9.17, 15) is 19.7 Å². The number of non-ortho nitro benzene ring substituents is 1. The van der Waals surface area contributed by atoms with Crippen molar-refractivity contribution in [3.8, 4) is 11.5 Å². The summed E-state index contributed by atoms with van der Waals surface area (Å²) >= 11 is 6.14. The molecule has 9 nitrogen and oxygen atoms in total. The lowest BCUT2D eigenvalue weighted by Crippen LogP contribution is -2.09. The second-order valence-electron chi connectivity index (χ2n) is 6.92. The van der Waals surface area contributed by atoms with Crippen molar-refractivity contribution < 1.29 is 28.7 Å². The number of nitro groups is 1. The van der Waals surface area contributed by atoms with E-state index < -0.39 is 16.9 Å². The highest BCUT2D eigenvalue weighted by Gasteiger charge is 2.25. The summed E-state index contributed by atoms with van der Waals surface area (Å²) in [7, 11) is 1.38. The Morgan fingerprint density at radius 2 is 1.88 bits per heavy atom. The molecule has 3 aromatic carbocycles. The lowest BCUT2D eigenvalue weighted by Gasteiger charge is -2.10. The Bertz CT molecular complexity index is 1380. The molecule has 170 valence electrons. The van der Waals surface area contributed by atoms with E-state index in [4.69, 9.17) is 25.8 Å². The summed E-state index contributed by atoms with van der Waals surface area (Å²) < 4.78 is 15.9. The third kappa shape index (κ3) is 4.79.